The summed E-state index contributed by atoms with van der Waals surface area (Å²) in [6, 6.07) is 16.1. The fraction of sp³-hybridized carbons (Fsp3) is 0.500. The molecule has 0 heterocycles. The number of benzene rings is 2. The Morgan fingerprint density at radius 2 is 1.34 bits per heavy atom. The van der Waals surface area contributed by atoms with Crippen LogP contribution in [0.1, 0.15) is 18.4 Å². The molecule has 0 aliphatic carbocycles. The number of hydrogen-bond donors (Lipinski definition) is 0. The highest BCUT2D eigenvalue weighted by molar-refractivity contribution is 5.45. The van der Waals surface area contributed by atoms with Gasteiger partial charge in [0.1, 0.15) is 5.75 Å². The molecule has 0 N–H and O–H groups in total. The van der Waals surface area contributed by atoms with Crippen LogP contribution in [0.3, 0.4) is 0 Å². The molecule has 0 bridgehead atoms. The van der Waals surface area contributed by atoms with E-state index in [-0.39, 0.29) is 0 Å². The molecule has 0 aliphatic heterocycles. The smallest absolute Gasteiger partial charge is 0.169 e. The van der Waals surface area contributed by atoms with E-state index in [1.54, 1.807) is 7.11 Å². The highest BCUT2D eigenvalue weighted by atomic mass is 16.5. The zero-order valence-electron chi connectivity index (χ0n) is 18.7. The summed E-state index contributed by atoms with van der Waals surface area (Å²) >= 11 is 0. The predicted molar refractivity (Wildman–Crippen MR) is 121 cm³/mol. The summed E-state index contributed by atoms with van der Waals surface area (Å²) in [5.41, 5.74) is 1.24. The SMILES string of the molecule is COc1ccc(CN(CCCN(C)C)CCCN(C)C)cc1Oc1ccccc1. The van der Waals surface area contributed by atoms with Gasteiger partial charge in [-0.1, -0.05) is 24.3 Å². The lowest BCUT2D eigenvalue weighted by Crippen LogP contribution is -2.30. The van der Waals surface area contributed by atoms with Gasteiger partial charge in [-0.15, -0.1) is 0 Å². The molecule has 0 aromatic heterocycles. The molecule has 0 saturated heterocycles. The molecule has 29 heavy (non-hydrogen) atoms. The van der Waals surface area contributed by atoms with Gasteiger partial charge in [0.25, 0.3) is 0 Å². The molecule has 0 aliphatic rings. The largest absolute Gasteiger partial charge is 0.493 e. The average Bonchev–Trinajstić information content (AvgIpc) is 2.68. The third kappa shape index (κ3) is 8.86. The van der Waals surface area contributed by atoms with Gasteiger partial charge in [0.15, 0.2) is 11.5 Å². The summed E-state index contributed by atoms with van der Waals surface area (Å²) in [5, 5.41) is 0. The van der Waals surface area contributed by atoms with Gasteiger partial charge < -0.3 is 19.3 Å². The van der Waals surface area contributed by atoms with Crippen LogP contribution < -0.4 is 9.47 Å². The van der Waals surface area contributed by atoms with Crippen LogP contribution in [0.5, 0.6) is 17.2 Å². The van der Waals surface area contributed by atoms with E-state index in [0.717, 1.165) is 50.0 Å². The van der Waals surface area contributed by atoms with Crippen molar-refractivity contribution in [3.05, 3.63) is 54.1 Å². The third-order valence-corrected chi connectivity index (χ3v) is 4.76. The van der Waals surface area contributed by atoms with Crippen molar-refractivity contribution in [1.82, 2.24) is 14.7 Å². The second-order valence-corrected chi connectivity index (χ2v) is 7.99. The van der Waals surface area contributed by atoms with Crippen molar-refractivity contribution in [2.45, 2.75) is 19.4 Å². The van der Waals surface area contributed by atoms with E-state index in [9.17, 15) is 0 Å². The van der Waals surface area contributed by atoms with E-state index in [2.05, 4.69) is 55.0 Å². The van der Waals surface area contributed by atoms with Crippen LogP contribution in [0.15, 0.2) is 48.5 Å². The molecule has 5 nitrogen and oxygen atoms in total. The maximum Gasteiger partial charge on any atom is 0.169 e. The molecule has 2 aromatic rings. The summed E-state index contributed by atoms with van der Waals surface area (Å²) in [4.78, 5) is 7.04. The predicted octanol–water partition coefficient (Wildman–Crippen LogP) is 4.19. The summed E-state index contributed by atoms with van der Waals surface area (Å²) in [7, 11) is 10.2. The summed E-state index contributed by atoms with van der Waals surface area (Å²) < 4.78 is 11.6. The quantitative estimate of drug-likeness (QED) is 0.504. The number of rotatable bonds is 13. The van der Waals surface area contributed by atoms with Crippen molar-refractivity contribution >= 4 is 0 Å². The van der Waals surface area contributed by atoms with Gasteiger partial charge in [0, 0.05) is 6.54 Å². The van der Waals surface area contributed by atoms with Crippen molar-refractivity contribution in [2.75, 3.05) is 61.5 Å². The molecule has 0 amide bonds. The second-order valence-electron chi connectivity index (χ2n) is 7.99. The maximum atomic E-state index is 6.09. The standard InChI is InChI=1S/C24H37N3O2/c1-25(2)15-9-17-27(18-10-16-26(3)4)20-21-13-14-23(28-5)24(19-21)29-22-11-7-6-8-12-22/h6-8,11-14,19H,9-10,15-18,20H2,1-5H3. The minimum Gasteiger partial charge on any atom is -0.493 e. The lowest BCUT2D eigenvalue weighted by Gasteiger charge is -2.24. The van der Waals surface area contributed by atoms with Crippen LogP contribution in [0, 0.1) is 0 Å². The number of methoxy groups -OCH3 is 1. The van der Waals surface area contributed by atoms with Crippen LogP contribution in [-0.2, 0) is 6.54 Å². The lowest BCUT2D eigenvalue weighted by atomic mass is 10.1. The van der Waals surface area contributed by atoms with Gasteiger partial charge in [-0.05, 0) is 97.0 Å². The molecule has 0 radical (unpaired) electrons. The number of para-hydroxylation sites is 1. The summed E-state index contributed by atoms with van der Waals surface area (Å²) in [6.45, 7) is 5.30. The molecular formula is C24H37N3O2. The Kier molecular flexibility index (Phi) is 9.98. The molecule has 5 heteroatoms. The molecule has 0 unspecified atom stereocenters. The van der Waals surface area contributed by atoms with Crippen molar-refractivity contribution < 1.29 is 9.47 Å². The van der Waals surface area contributed by atoms with E-state index in [1.807, 2.05) is 36.4 Å². The Morgan fingerprint density at radius 1 is 0.724 bits per heavy atom. The minimum atomic E-state index is 0.754. The monoisotopic (exact) mass is 399 g/mol. The first-order valence-electron chi connectivity index (χ1n) is 10.4. The van der Waals surface area contributed by atoms with Gasteiger partial charge in [-0.3, -0.25) is 4.90 Å². The first-order valence-corrected chi connectivity index (χ1v) is 10.4. The van der Waals surface area contributed by atoms with Crippen LogP contribution in [0.4, 0.5) is 0 Å². The maximum absolute atomic E-state index is 6.09. The molecule has 0 saturated carbocycles. The first kappa shape index (κ1) is 23.2. The first-order chi connectivity index (χ1) is 14.0. The molecule has 0 fully saturated rings. The van der Waals surface area contributed by atoms with Crippen molar-refractivity contribution in [1.29, 1.82) is 0 Å². The van der Waals surface area contributed by atoms with Gasteiger partial charge in [0.2, 0.25) is 0 Å². The van der Waals surface area contributed by atoms with Gasteiger partial charge in [-0.2, -0.15) is 0 Å². The van der Waals surface area contributed by atoms with E-state index in [0.29, 0.717) is 0 Å². The number of hydrogen-bond acceptors (Lipinski definition) is 5. The van der Waals surface area contributed by atoms with E-state index < -0.39 is 0 Å². The van der Waals surface area contributed by atoms with Gasteiger partial charge >= 0.3 is 0 Å². The van der Waals surface area contributed by atoms with Crippen LogP contribution in [0.25, 0.3) is 0 Å². The van der Waals surface area contributed by atoms with Crippen LogP contribution >= 0.6 is 0 Å². The number of nitrogens with zero attached hydrogens (tertiary/aromatic N) is 3. The molecule has 0 spiro atoms. The fourth-order valence-electron chi connectivity index (χ4n) is 3.26. The zero-order chi connectivity index (χ0) is 21.1. The minimum absolute atomic E-state index is 0.754. The van der Waals surface area contributed by atoms with Crippen molar-refractivity contribution in [2.24, 2.45) is 0 Å². The number of ether oxygens (including phenoxy) is 2. The Bertz CT molecular complexity index is 691. The van der Waals surface area contributed by atoms with E-state index in [4.69, 9.17) is 9.47 Å². The van der Waals surface area contributed by atoms with Crippen molar-refractivity contribution in [3.63, 3.8) is 0 Å². The van der Waals surface area contributed by atoms with Crippen LogP contribution in [-0.4, -0.2) is 76.2 Å². The average molecular weight is 400 g/mol. The Morgan fingerprint density at radius 3 is 1.90 bits per heavy atom. The topological polar surface area (TPSA) is 28.2 Å². The fourth-order valence-corrected chi connectivity index (χ4v) is 3.26. The summed E-state index contributed by atoms with van der Waals surface area (Å²) in [6.07, 6.45) is 2.33. The third-order valence-electron chi connectivity index (χ3n) is 4.76. The summed E-state index contributed by atoms with van der Waals surface area (Å²) in [5.74, 6) is 2.33. The molecule has 2 aromatic carbocycles. The van der Waals surface area contributed by atoms with Crippen molar-refractivity contribution in [3.8, 4) is 17.2 Å². The highest BCUT2D eigenvalue weighted by Crippen LogP contribution is 2.32. The highest BCUT2D eigenvalue weighted by Gasteiger charge is 2.11. The molecule has 2 rings (SSSR count). The van der Waals surface area contributed by atoms with E-state index in [1.165, 1.54) is 18.4 Å². The van der Waals surface area contributed by atoms with Gasteiger partial charge in [0.05, 0.1) is 7.11 Å². The van der Waals surface area contributed by atoms with Crippen LogP contribution in [0.2, 0.25) is 0 Å². The second kappa shape index (κ2) is 12.5. The molecular weight excluding hydrogens is 362 g/mol. The zero-order valence-corrected chi connectivity index (χ0v) is 18.7. The molecule has 160 valence electrons. The Balaban J connectivity index is 2.08. The Hall–Kier alpha value is -2.08. The van der Waals surface area contributed by atoms with E-state index >= 15 is 0 Å². The van der Waals surface area contributed by atoms with Gasteiger partial charge in [-0.25, -0.2) is 0 Å². The Labute approximate surface area is 176 Å². The lowest BCUT2D eigenvalue weighted by molar-refractivity contribution is 0.233. The normalized spacial score (nSPS) is 11.4. The molecule has 0 atom stereocenters.